The Kier molecular flexibility index (Phi) is 7.94. The molecule has 2 aromatic rings. The summed E-state index contributed by atoms with van der Waals surface area (Å²) < 4.78 is 80.4. The molecule has 1 aromatic carbocycles. The minimum atomic E-state index is -3.77. The van der Waals surface area contributed by atoms with Crippen LogP contribution in [0.4, 0.5) is 13.9 Å². The third-order valence-corrected chi connectivity index (χ3v) is 12.8. The van der Waals surface area contributed by atoms with Crippen molar-refractivity contribution in [3.05, 3.63) is 42.1 Å². The van der Waals surface area contributed by atoms with Crippen LogP contribution in [0.15, 0.2) is 45.6 Å². The van der Waals surface area contributed by atoms with E-state index in [-0.39, 0.29) is 37.9 Å². The van der Waals surface area contributed by atoms with Gasteiger partial charge in [0, 0.05) is 31.8 Å². The molecule has 212 valence electrons. The second kappa shape index (κ2) is 11.0. The van der Waals surface area contributed by atoms with Crippen LogP contribution in [-0.4, -0.2) is 87.8 Å². The molecule has 0 radical (unpaired) electrons. The number of hydrogen-bond acceptors (Lipinski definition) is 8. The van der Waals surface area contributed by atoms with E-state index < -0.39 is 44.0 Å². The molecule has 2 saturated carbocycles. The molecule has 3 fully saturated rings. The number of amides is 1. The summed E-state index contributed by atoms with van der Waals surface area (Å²) in [6.07, 6.45) is 0.552. The van der Waals surface area contributed by atoms with Crippen molar-refractivity contribution < 1.29 is 30.4 Å². The monoisotopic (exact) mass is 600 g/mol. The first kappa shape index (κ1) is 28.3. The fourth-order valence-corrected chi connectivity index (χ4v) is 9.06. The van der Waals surface area contributed by atoms with Gasteiger partial charge in [0.2, 0.25) is 0 Å². The third-order valence-electron chi connectivity index (χ3n) is 7.31. The van der Waals surface area contributed by atoms with Gasteiger partial charge in [0.1, 0.15) is 12.3 Å². The van der Waals surface area contributed by atoms with Crippen LogP contribution in [0.3, 0.4) is 0 Å². The van der Waals surface area contributed by atoms with Crippen LogP contribution in [0.2, 0.25) is 0 Å². The molecule has 1 N–H and O–H groups in total. The zero-order valence-corrected chi connectivity index (χ0v) is 23.7. The van der Waals surface area contributed by atoms with E-state index in [4.69, 9.17) is 0 Å². The van der Waals surface area contributed by atoms with Gasteiger partial charge in [-0.1, -0.05) is 29.5 Å². The Morgan fingerprint density at radius 3 is 2.23 bits per heavy atom. The van der Waals surface area contributed by atoms with Gasteiger partial charge >= 0.3 is 0 Å². The lowest BCUT2D eigenvalue weighted by molar-refractivity contribution is -0.111. The average molecular weight is 601 g/mol. The third kappa shape index (κ3) is 6.09. The van der Waals surface area contributed by atoms with Gasteiger partial charge in [0.05, 0.1) is 16.3 Å². The molecule has 1 aliphatic heterocycles. The number of piperazine rings is 1. The van der Waals surface area contributed by atoms with E-state index in [0.29, 0.717) is 44.6 Å². The van der Waals surface area contributed by atoms with Gasteiger partial charge in [0.15, 0.2) is 19.2 Å². The number of sulfone groups is 1. The molecule has 0 bridgehead atoms. The quantitative estimate of drug-likeness (QED) is 0.463. The van der Waals surface area contributed by atoms with Gasteiger partial charge in [-0.3, -0.25) is 10.1 Å². The largest absolute Gasteiger partial charge is 0.304 e. The zero-order chi connectivity index (χ0) is 27.9. The number of rotatable bonds is 8. The molecule has 0 unspecified atom stereocenters. The van der Waals surface area contributed by atoms with Crippen molar-refractivity contribution in [2.75, 3.05) is 38.5 Å². The number of nitrogens with one attached hydrogen (secondary N) is 1. The normalized spacial score (nSPS) is 25.6. The van der Waals surface area contributed by atoms with Gasteiger partial charge in [0.25, 0.3) is 15.9 Å². The Morgan fingerprint density at radius 2 is 1.64 bits per heavy atom. The van der Waals surface area contributed by atoms with E-state index in [0.717, 1.165) is 11.3 Å². The zero-order valence-electron chi connectivity index (χ0n) is 21.3. The summed E-state index contributed by atoms with van der Waals surface area (Å²) in [6.45, 7) is 1.92. The summed E-state index contributed by atoms with van der Waals surface area (Å²) in [5.41, 5.74) is 0.483. The first-order valence-corrected chi connectivity index (χ1v) is 16.6. The molecule has 5 rings (SSSR count). The Labute approximate surface area is 230 Å². The molecule has 9 nitrogen and oxygen atoms in total. The van der Waals surface area contributed by atoms with Crippen molar-refractivity contribution >= 4 is 47.8 Å². The highest BCUT2D eigenvalue weighted by molar-refractivity contribution is 7.92. The number of carbonyl (C=O) groups is 1. The van der Waals surface area contributed by atoms with Crippen LogP contribution in [0.1, 0.15) is 31.2 Å². The fourth-order valence-electron chi connectivity index (χ4n) is 4.80. The molecule has 3 aliphatic rings. The van der Waals surface area contributed by atoms with Crippen LogP contribution in [0, 0.1) is 5.92 Å². The maximum absolute atomic E-state index is 13.9. The van der Waals surface area contributed by atoms with Crippen LogP contribution < -0.4 is 5.32 Å². The molecule has 1 saturated heterocycles. The molecule has 0 spiro atoms. The standard InChI is InChI=1S/C25H30F2N4O5S3/c1-30-8-10-31(11-9-30)39(35,36)23-15-28-25(37-23)29-24(32)20(12-16-13-21(26)22(27)14-16)17-2-4-18(5-3-17)38(33,34)19-6-7-19/h2-5,12,15-16,19,21-22H,6-11,13-14H2,1H3,(H,28,29,32)/b20-12+/t16-,21+,22-. The van der Waals surface area contributed by atoms with Gasteiger partial charge < -0.3 is 4.90 Å². The summed E-state index contributed by atoms with van der Waals surface area (Å²) in [5.74, 6) is -1.17. The lowest BCUT2D eigenvalue weighted by Crippen LogP contribution is -2.46. The highest BCUT2D eigenvalue weighted by Gasteiger charge is 2.37. The second-order valence-electron chi connectivity index (χ2n) is 10.3. The number of benzene rings is 1. The van der Waals surface area contributed by atoms with Crippen LogP contribution in [0.5, 0.6) is 0 Å². The van der Waals surface area contributed by atoms with Gasteiger partial charge in [-0.15, -0.1) is 0 Å². The summed E-state index contributed by atoms with van der Waals surface area (Å²) >= 11 is 0.822. The molecule has 2 heterocycles. The minimum absolute atomic E-state index is 0.00106. The van der Waals surface area contributed by atoms with E-state index in [9.17, 15) is 30.4 Å². The van der Waals surface area contributed by atoms with E-state index in [1.165, 1.54) is 40.8 Å². The molecule has 3 atom stereocenters. The number of carbonyl (C=O) groups excluding carboxylic acids is 1. The topological polar surface area (TPSA) is 117 Å². The number of hydrogen-bond donors (Lipinski definition) is 1. The first-order chi connectivity index (χ1) is 18.4. The van der Waals surface area contributed by atoms with E-state index in [1.54, 1.807) is 0 Å². The smallest absolute Gasteiger partial charge is 0.257 e. The van der Waals surface area contributed by atoms with Crippen molar-refractivity contribution in [2.45, 2.75) is 52.4 Å². The predicted molar refractivity (Wildman–Crippen MR) is 144 cm³/mol. The average Bonchev–Trinajstić information content (AvgIpc) is 3.58. The summed E-state index contributed by atoms with van der Waals surface area (Å²) in [4.78, 5) is 19.6. The van der Waals surface area contributed by atoms with Crippen LogP contribution in [0.25, 0.3) is 5.57 Å². The summed E-state index contributed by atoms with van der Waals surface area (Å²) in [5, 5.41) is 2.29. The molecular weight excluding hydrogens is 570 g/mol. The molecule has 1 aromatic heterocycles. The number of alkyl halides is 2. The highest BCUT2D eigenvalue weighted by Crippen LogP contribution is 2.36. The van der Waals surface area contributed by atoms with E-state index >= 15 is 0 Å². The predicted octanol–water partition coefficient (Wildman–Crippen LogP) is 3.12. The lowest BCUT2D eigenvalue weighted by atomic mass is 9.98. The number of aromatic nitrogens is 1. The van der Waals surface area contributed by atoms with Crippen LogP contribution >= 0.6 is 11.3 Å². The molecule has 39 heavy (non-hydrogen) atoms. The van der Waals surface area contributed by atoms with E-state index in [1.807, 2.05) is 11.9 Å². The van der Waals surface area contributed by atoms with Gasteiger partial charge in [-0.25, -0.2) is 30.6 Å². The minimum Gasteiger partial charge on any atom is -0.304 e. The van der Waals surface area contributed by atoms with Crippen molar-refractivity contribution in [1.82, 2.24) is 14.2 Å². The van der Waals surface area contributed by atoms with Gasteiger partial charge in [-0.05, 0) is 56.3 Å². The number of thiazole rings is 1. The number of likely N-dealkylation sites (N-methyl/N-ethyl adjacent to an activating group) is 1. The van der Waals surface area contributed by atoms with Crippen molar-refractivity contribution in [2.24, 2.45) is 5.92 Å². The molecule has 2 aliphatic carbocycles. The van der Waals surface area contributed by atoms with Crippen molar-refractivity contribution in [3.63, 3.8) is 0 Å². The van der Waals surface area contributed by atoms with E-state index in [2.05, 4.69) is 10.3 Å². The maximum Gasteiger partial charge on any atom is 0.257 e. The summed E-state index contributed by atoms with van der Waals surface area (Å²) in [6, 6.07) is 5.86. The number of halogens is 2. The SMILES string of the molecule is CN1CCN(S(=O)(=O)c2cnc(NC(=O)/C(=C/[C@H]3C[C@@H](F)[C@@H](F)C3)c3ccc(S(=O)(=O)C4CC4)cc3)s2)CC1. The lowest BCUT2D eigenvalue weighted by Gasteiger charge is -2.30. The Hall–Kier alpha value is -2.26. The maximum atomic E-state index is 13.9. The number of anilines is 1. The number of nitrogens with zero attached hydrogens (tertiary/aromatic N) is 3. The first-order valence-electron chi connectivity index (χ1n) is 12.8. The van der Waals surface area contributed by atoms with Crippen molar-refractivity contribution in [3.8, 4) is 0 Å². The summed E-state index contributed by atoms with van der Waals surface area (Å²) in [7, 11) is -5.28. The van der Waals surface area contributed by atoms with Gasteiger partial charge in [-0.2, -0.15) is 4.31 Å². The Balaban J connectivity index is 1.38. The molecule has 14 heteroatoms. The van der Waals surface area contributed by atoms with Crippen molar-refractivity contribution in [1.29, 1.82) is 0 Å². The number of sulfonamides is 1. The molecular formula is C25H30F2N4O5S3. The highest BCUT2D eigenvalue weighted by atomic mass is 32.2. The van der Waals surface area contributed by atoms with Crippen LogP contribution in [-0.2, 0) is 24.7 Å². The number of allylic oxidation sites excluding steroid dienone is 1. The second-order valence-corrected chi connectivity index (χ2v) is 15.7. The Morgan fingerprint density at radius 1 is 1.03 bits per heavy atom. The fraction of sp³-hybridized carbons (Fsp3) is 0.520. The Bertz CT molecular complexity index is 1460. The molecule has 1 amide bonds.